The number of anilines is 1. The third-order valence-corrected chi connectivity index (χ3v) is 6.56. The van der Waals surface area contributed by atoms with Crippen LogP contribution in [0.3, 0.4) is 0 Å². The molecule has 31 heavy (non-hydrogen) atoms. The Hall–Kier alpha value is -2.68. The first-order chi connectivity index (χ1) is 14.9. The third kappa shape index (κ3) is 3.86. The molecule has 2 fully saturated rings. The molecule has 8 heteroatoms. The van der Waals surface area contributed by atoms with E-state index in [9.17, 15) is 19.4 Å². The molecule has 1 saturated carbocycles. The average Bonchev–Trinajstić information content (AvgIpc) is 3.18. The molecule has 2 aromatic carbocycles. The predicted molar refractivity (Wildman–Crippen MR) is 110 cm³/mol. The quantitative estimate of drug-likeness (QED) is 0.679. The first kappa shape index (κ1) is 20.2. The van der Waals surface area contributed by atoms with Crippen LogP contribution in [0, 0.1) is 11.7 Å². The molecule has 3 aliphatic rings. The standard InChI is InChI=1S/C23H25FN2O5/c24-21-17(6-7-19-18(21)12-30-22(28)25-19)20(27)11-26-10-14-8-16(9-23(14,29)13-26)31-15-4-2-1-3-5-15/h1-7,14,16,20,27,29H,8-13H2,(H,25,28)/t14-,16+,20-,23-/m1/s1. The van der Waals surface area contributed by atoms with E-state index in [1.54, 1.807) is 6.07 Å². The summed E-state index contributed by atoms with van der Waals surface area (Å²) in [5, 5.41) is 24.3. The van der Waals surface area contributed by atoms with Gasteiger partial charge in [-0.15, -0.1) is 0 Å². The summed E-state index contributed by atoms with van der Waals surface area (Å²) in [4.78, 5) is 13.3. The minimum absolute atomic E-state index is 0.0437. The molecular formula is C23H25FN2O5. The second-order valence-corrected chi connectivity index (χ2v) is 8.70. The number of nitrogens with zero attached hydrogens (tertiary/aromatic N) is 1. The molecule has 7 nitrogen and oxygen atoms in total. The molecule has 0 unspecified atom stereocenters. The van der Waals surface area contributed by atoms with Crippen molar-refractivity contribution >= 4 is 11.8 Å². The second-order valence-electron chi connectivity index (χ2n) is 8.70. The van der Waals surface area contributed by atoms with Gasteiger partial charge in [-0.25, -0.2) is 9.18 Å². The molecule has 1 saturated heterocycles. The maximum Gasteiger partial charge on any atom is 0.411 e. The molecule has 5 rings (SSSR count). The highest BCUT2D eigenvalue weighted by Gasteiger charge is 2.52. The SMILES string of the molecule is O=C1Nc2ccc([C@H](O)CN3C[C@H]4C[C@H](Oc5ccccc5)C[C@@]4(O)C3)c(F)c2CO1. The molecular weight excluding hydrogens is 403 g/mol. The third-order valence-electron chi connectivity index (χ3n) is 6.56. The van der Waals surface area contributed by atoms with Crippen LogP contribution in [-0.2, 0) is 11.3 Å². The summed E-state index contributed by atoms with van der Waals surface area (Å²) < 4.78 is 25.8. The van der Waals surface area contributed by atoms with E-state index in [0.29, 0.717) is 25.2 Å². The number of benzene rings is 2. The highest BCUT2D eigenvalue weighted by Crippen LogP contribution is 2.43. The molecule has 0 spiro atoms. The highest BCUT2D eigenvalue weighted by molar-refractivity contribution is 5.87. The van der Waals surface area contributed by atoms with Gasteiger partial charge in [-0.05, 0) is 24.6 Å². The topological polar surface area (TPSA) is 91.3 Å². The van der Waals surface area contributed by atoms with E-state index in [0.717, 1.165) is 12.2 Å². The Morgan fingerprint density at radius 2 is 2.10 bits per heavy atom. The van der Waals surface area contributed by atoms with E-state index < -0.39 is 23.6 Å². The van der Waals surface area contributed by atoms with E-state index in [-0.39, 0.29) is 36.3 Å². The maximum atomic E-state index is 14.9. The summed E-state index contributed by atoms with van der Waals surface area (Å²) in [5.41, 5.74) is -0.118. The van der Waals surface area contributed by atoms with Crippen LogP contribution < -0.4 is 10.1 Å². The van der Waals surface area contributed by atoms with Crippen molar-refractivity contribution in [3.63, 3.8) is 0 Å². The van der Waals surface area contributed by atoms with Crippen LogP contribution in [0.4, 0.5) is 14.9 Å². The fourth-order valence-electron chi connectivity index (χ4n) is 5.08. The lowest BCUT2D eigenvalue weighted by Crippen LogP contribution is -2.36. The van der Waals surface area contributed by atoms with E-state index in [4.69, 9.17) is 9.47 Å². The Morgan fingerprint density at radius 3 is 2.87 bits per heavy atom. The maximum absolute atomic E-state index is 14.9. The van der Waals surface area contributed by atoms with Crippen molar-refractivity contribution in [1.29, 1.82) is 0 Å². The lowest BCUT2D eigenvalue weighted by Gasteiger charge is -2.26. The van der Waals surface area contributed by atoms with E-state index in [1.165, 1.54) is 6.07 Å². The zero-order valence-corrected chi connectivity index (χ0v) is 17.0. The number of hydrogen-bond acceptors (Lipinski definition) is 6. The number of cyclic esters (lactones) is 1. The van der Waals surface area contributed by atoms with Gasteiger partial charge in [0.1, 0.15) is 24.3 Å². The van der Waals surface area contributed by atoms with Crippen LogP contribution in [0.15, 0.2) is 42.5 Å². The van der Waals surface area contributed by atoms with Gasteiger partial charge < -0.3 is 19.7 Å². The van der Waals surface area contributed by atoms with E-state index >= 15 is 0 Å². The summed E-state index contributed by atoms with van der Waals surface area (Å²) >= 11 is 0. The number of fused-ring (bicyclic) bond motifs is 2. The molecule has 2 heterocycles. The number of ether oxygens (including phenoxy) is 2. The summed E-state index contributed by atoms with van der Waals surface area (Å²) in [6.07, 6.45) is -0.447. The Balaban J connectivity index is 1.22. The lowest BCUT2D eigenvalue weighted by molar-refractivity contribution is 0.0177. The van der Waals surface area contributed by atoms with Crippen LogP contribution in [-0.4, -0.2) is 52.5 Å². The summed E-state index contributed by atoms with van der Waals surface area (Å²) in [5.74, 6) is 0.274. The molecule has 3 N–H and O–H groups in total. The Bertz CT molecular complexity index is 987. The largest absolute Gasteiger partial charge is 0.490 e. The number of nitrogens with one attached hydrogen (secondary N) is 1. The van der Waals surface area contributed by atoms with Gasteiger partial charge in [0.25, 0.3) is 0 Å². The van der Waals surface area contributed by atoms with Gasteiger partial charge in [0.2, 0.25) is 0 Å². The van der Waals surface area contributed by atoms with Gasteiger partial charge in [0, 0.05) is 43.1 Å². The number of rotatable bonds is 5. The zero-order valence-electron chi connectivity index (χ0n) is 17.0. The molecule has 0 radical (unpaired) electrons. The molecule has 0 bridgehead atoms. The number of hydrogen-bond donors (Lipinski definition) is 3. The minimum atomic E-state index is -1.05. The Labute approximate surface area is 179 Å². The van der Waals surface area contributed by atoms with Crippen molar-refractivity contribution < 1.29 is 28.9 Å². The van der Waals surface area contributed by atoms with Crippen LogP contribution >= 0.6 is 0 Å². The van der Waals surface area contributed by atoms with Crippen molar-refractivity contribution in [3.05, 3.63) is 59.4 Å². The van der Waals surface area contributed by atoms with Gasteiger partial charge >= 0.3 is 6.09 Å². The molecule has 1 aliphatic carbocycles. The number of amides is 1. The highest BCUT2D eigenvalue weighted by atomic mass is 19.1. The number of halogens is 1. The summed E-state index contributed by atoms with van der Waals surface area (Å²) in [6.45, 7) is 1.08. The normalized spacial score (nSPS) is 28.4. The number of carbonyl (C=O) groups excluding carboxylic acids is 1. The molecule has 0 aromatic heterocycles. The smallest absolute Gasteiger partial charge is 0.411 e. The fraction of sp³-hybridized carbons (Fsp3) is 0.435. The van der Waals surface area contributed by atoms with Crippen molar-refractivity contribution in [2.45, 2.75) is 37.3 Å². The van der Waals surface area contributed by atoms with Crippen LogP contribution in [0.5, 0.6) is 5.75 Å². The Kier molecular flexibility index (Phi) is 5.08. The van der Waals surface area contributed by atoms with Gasteiger partial charge in [-0.2, -0.15) is 0 Å². The first-order valence-corrected chi connectivity index (χ1v) is 10.5. The minimum Gasteiger partial charge on any atom is -0.490 e. The van der Waals surface area contributed by atoms with Crippen LogP contribution in [0.25, 0.3) is 0 Å². The van der Waals surface area contributed by atoms with Gasteiger partial charge in [-0.3, -0.25) is 10.2 Å². The first-order valence-electron chi connectivity index (χ1n) is 10.5. The number of aliphatic hydroxyl groups is 2. The second kappa shape index (κ2) is 7.78. The predicted octanol–water partition coefficient (Wildman–Crippen LogP) is 2.83. The number of likely N-dealkylation sites (tertiary alicyclic amines) is 1. The van der Waals surface area contributed by atoms with E-state index in [2.05, 4.69) is 5.32 Å². The van der Waals surface area contributed by atoms with Crippen LogP contribution in [0.1, 0.15) is 30.1 Å². The van der Waals surface area contributed by atoms with Crippen molar-refractivity contribution in [2.75, 3.05) is 25.0 Å². The van der Waals surface area contributed by atoms with Crippen LogP contribution in [0.2, 0.25) is 0 Å². The fourth-order valence-corrected chi connectivity index (χ4v) is 5.08. The number of para-hydroxylation sites is 1. The molecule has 2 aliphatic heterocycles. The molecule has 164 valence electrons. The van der Waals surface area contributed by atoms with Gasteiger partial charge in [0.05, 0.1) is 17.4 Å². The summed E-state index contributed by atoms with van der Waals surface area (Å²) in [7, 11) is 0. The number of aliphatic hydroxyl groups excluding tert-OH is 1. The molecule has 2 aromatic rings. The zero-order chi connectivity index (χ0) is 21.6. The van der Waals surface area contributed by atoms with Gasteiger partial charge in [-0.1, -0.05) is 24.3 Å². The van der Waals surface area contributed by atoms with Crippen molar-refractivity contribution in [2.24, 2.45) is 5.92 Å². The lowest BCUT2D eigenvalue weighted by atomic mass is 9.95. The number of carbonyl (C=O) groups is 1. The van der Waals surface area contributed by atoms with E-state index in [1.807, 2.05) is 35.2 Å². The van der Waals surface area contributed by atoms with Crippen molar-refractivity contribution in [1.82, 2.24) is 4.90 Å². The summed E-state index contributed by atoms with van der Waals surface area (Å²) in [6, 6.07) is 12.6. The average molecular weight is 428 g/mol. The number of β-amino-alcohol motifs (C(OH)–C–C–N with tert-alkyl or cyclic N) is 2. The molecule has 4 atom stereocenters. The molecule has 1 amide bonds. The Morgan fingerprint density at radius 1 is 1.29 bits per heavy atom. The van der Waals surface area contributed by atoms with Gasteiger partial charge in [0.15, 0.2) is 0 Å². The van der Waals surface area contributed by atoms with Crippen molar-refractivity contribution in [3.8, 4) is 5.75 Å². The monoisotopic (exact) mass is 428 g/mol.